The minimum absolute atomic E-state index is 0.117. The third-order valence-electron chi connectivity index (χ3n) is 4.41. The largest absolute Gasteiger partial charge is 0.380 e. The number of rotatable bonds is 2. The van der Waals surface area contributed by atoms with Gasteiger partial charge in [-0.2, -0.15) is 0 Å². The van der Waals surface area contributed by atoms with Crippen LogP contribution in [-0.4, -0.2) is 43.8 Å². The maximum Gasteiger partial charge on any atom is 0.0565 e. The molecule has 2 N–H and O–H groups in total. The van der Waals surface area contributed by atoms with Gasteiger partial charge in [-0.15, -0.1) is 0 Å². The van der Waals surface area contributed by atoms with Crippen molar-refractivity contribution in [1.82, 2.24) is 4.90 Å². The molecule has 0 aliphatic carbocycles. The molecule has 0 bridgehead atoms. The molecule has 2 heterocycles. The monoisotopic (exact) mass is 212 g/mol. The van der Waals surface area contributed by atoms with Gasteiger partial charge in [-0.05, 0) is 46.2 Å². The summed E-state index contributed by atoms with van der Waals surface area (Å²) in [5, 5.41) is 0. The van der Waals surface area contributed by atoms with Gasteiger partial charge in [-0.1, -0.05) is 0 Å². The molecule has 2 fully saturated rings. The zero-order chi connectivity index (χ0) is 11.1. The van der Waals surface area contributed by atoms with E-state index in [1.54, 1.807) is 0 Å². The highest BCUT2D eigenvalue weighted by Gasteiger charge is 2.54. The summed E-state index contributed by atoms with van der Waals surface area (Å²) in [5.74, 6) is 0.713. The quantitative estimate of drug-likeness (QED) is 0.744. The van der Waals surface area contributed by atoms with E-state index < -0.39 is 0 Å². The molecule has 0 aromatic rings. The molecule has 2 aliphatic rings. The second kappa shape index (κ2) is 3.72. The SMILES string of the molecule is CN1CCCC(C2(C(C)(C)N)COC2)C1. The molecule has 0 amide bonds. The smallest absolute Gasteiger partial charge is 0.0565 e. The third-order valence-corrected chi connectivity index (χ3v) is 4.41. The van der Waals surface area contributed by atoms with Crippen LogP contribution in [0.2, 0.25) is 0 Å². The minimum Gasteiger partial charge on any atom is -0.380 e. The third kappa shape index (κ3) is 1.81. The first-order chi connectivity index (χ1) is 6.96. The molecule has 0 aromatic carbocycles. The van der Waals surface area contributed by atoms with Crippen LogP contribution in [0.1, 0.15) is 26.7 Å². The van der Waals surface area contributed by atoms with Gasteiger partial charge < -0.3 is 15.4 Å². The van der Waals surface area contributed by atoms with E-state index >= 15 is 0 Å². The van der Waals surface area contributed by atoms with Crippen LogP contribution in [0.5, 0.6) is 0 Å². The van der Waals surface area contributed by atoms with Gasteiger partial charge in [-0.3, -0.25) is 0 Å². The summed E-state index contributed by atoms with van der Waals surface area (Å²) in [5.41, 5.74) is 6.46. The molecule has 0 saturated carbocycles. The Bertz CT molecular complexity index is 230. The van der Waals surface area contributed by atoms with Crippen molar-refractivity contribution >= 4 is 0 Å². The van der Waals surface area contributed by atoms with Crippen LogP contribution in [0.25, 0.3) is 0 Å². The molecule has 88 valence electrons. The van der Waals surface area contributed by atoms with Crippen molar-refractivity contribution < 1.29 is 4.74 Å². The van der Waals surface area contributed by atoms with Crippen molar-refractivity contribution in [1.29, 1.82) is 0 Å². The van der Waals surface area contributed by atoms with E-state index in [9.17, 15) is 0 Å². The Morgan fingerprint density at radius 3 is 2.47 bits per heavy atom. The van der Waals surface area contributed by atoms with Crippen LogP contribution < -0.4 is 5.73 Å². The lowest BCUT2D eigenvalue weighted by atomic mass is 9.60. The summed E-state index contributed by atoms with van der Waals surface area (Å²) in [4.78, 5) is 2.43. The summed E-state index contributed by atoms with van der Waals surface area (Å²) >= 11 is 0. The Balaban J connectivity index is 2.12. The number of nitrogens with two attached hydrogens (primary N) is 1. The fraction of sp³-hybridized carbons (Fsp3) is 1.00. The van der Waals surface area contributed by atoms with E-state index in [-0.39, 0.29) is 11.0 Å². The summed E-state index contributed by atoms with van der Waals surface area (Å²) in [6, 6.07) is 0. The van der Waals surface area contributed by atoms with Gasteiger partial charge in [0, 0.05) is 17.5 Å². The molecule has 0 radical (unpaired) electrons. The Morgan fingerprint density at radius 2 is 2.07 bits per heavy atom. The molecule has 2 aliphatic heterocycles. The average molecular weight is 212 g/mol. The topological polar surface area (TPSA) is 38.5 Å². The van der Waals surface area contributed by atoms with Crippen LogP contribution >= 0.6 is 0 Å². The first kappa shape index (κ1) is 11.4. The van der Waals surface area contributed by atoms with Crippen molar-refractivity contribution in [2.75, 3.05) is 33.4 Å². The Kier molecular flexibility index (Phi) is 2.82. The second-order valence-corrected chi connectivity index (χ2v) is 5.97. The standard InChI is InChI=1S/C12H24N2O/c1-11(2,13)12(8-15-9-12)10-5-4-6-14(3)7-10/h10H,4-9,13H2,1-3H3. The van der Waals surface area contributed by atoms with Gasteiger partial charge in [0.1, 0.15) is 0 Å². The fourth-order valence-corrected chi connectivity index (χ4v) is 3.07. The molecule has 0 aromatic heterocycles. The number of nitrogens with zero attached hydrogens (tertiary/aromatic N) is 1. The van der Waals surface area contributed by atoms with Gasteiger partial charge in [0.15, 0.2) is 0 Å². The van der Waals surface area contributed by atoms with Crippen LogP contribution in [0.15, 0.2) is 0 Å². The maximum absolute atomic E-state index is 6.35. The number of likely N-dealkylation sites (tertiary alicyclic amines) is 1. The molecular formula is C12H24N2O. The molecule has 15 heavy (non-hydrogen) atoms. The predicted octanol–water partition coefficient (Wildman–Crippen LogP) is 1.08. The number of ether oxygens (including phenoxy) is 1. The normalized spacial score (nSPS) is 32.4. The van der Waals surface area contributed by atoms with Crippen LogP contribution in [0.3, 0.4) is 0 Å². The summed E-state index contributed by atoms with van der Waals surface area (Å²) < 4.78 is 5.45. The molecule has 2 saturated heterocycles. The van der Waals surface area contributed by atoms with E-state index in [4.69, 9.17) is 10.5 Å². The van der Waals surface area contributed by atoms with Gasteiger partial charge in [0.2, 0.25) is 0 Å². The van der Waals surface area contributed by atoms with Crippen molar-refractivity contribution in [3.8, 4) is 0 Å². The number of hydrogen-bond donors (Lipinski definition) is 1. The minimum atomic E-state index is -0.117. The lowest BCUT2D eigenvalue weighted by molar-refractivity contribution is -0.188. The zero-order valence-electron chi connectivity index (χ0n) is 10.3. The van der Waals surface area contributed by atoms with Gasteiger partial charge in [-0.25, -0.2) is 0 Å². The number of piperidine rings is 1. The maximum atomic E-state index is 6.35. The van der Waals surface area contributed by atoms with Crippen molar-refractivity contribution in [3.05, 3.63) is 0 Å². The second-order valence-electron chi connectivity index (χ2n) is 5.97. The van der Waals surface area contributed by atoms with Crippen LogP contribution in [-0.2, 0) is 4.74 Å². The van der Waals surface area contributed by atoms with E-state index in [1.807, 2.05) is 0 Å². The van der Waals surface area contributed by atoms with Gasteiger partial charge in [0.05, 0.1) is 13.2 Å². The van der Waals surface area contributed by atoms with Crippen molar-refractivity contribution in [3.63, 3.8) is 0 Å². The van der Waals surface area contributed by atoms with E-state index in [0.717, 1.165) is 13.2 Å². The molecule has 3 heteroatoms. The highest BCUT2D eigenvalue weighted by atomic mass is 16.5. The van der Waals surface area contributed by atoms with E-state index in [0.29, 0.717) is 5.92 Å². The fourth-order valence-electron chi connectivity index (χ4n) is 3.07. The summed E-state index contributed by atoms with van der Waals surface area (Å²) in [6.07, 6.45) is 2.62. The van der Waals surface area contributed by atoms with Crippen LogP contribution in [0.4, 0.5) is 0 Å². The van der Waals surface area contributed by atoms with E-state index in [2.05, 4.69) is 25.8 Å². The molecule has 2 rings (SSSR count). The number of hydrogen-bond acceptors (Lipinski definition) is 3. The molecule has 3 nitrogen and oxygen atoms in total. The Morgan fingerprint density at radius 1 is 1.40 bits per heavy atom. The van der Waals surface area contributed by atoms with E-state index in [1.165, 1.54) is 25.9 Å². The highest BCUT2D eigenvalue weighted by Crippen LogP contribution is 2.47. The molecule has 1 unspecified atom stereocenters. The Hall–Kier alpha value is -0.120. The van der Waals surface area contributed by atoms with Crippen LogP contribution in [0, 0.1) is 11.3 Å². The summed E-state index contributed by atoms with van der Waals surface area (Å²) in [6.45, 7) is 8.45. The zero-order valence-corrected chi connectivity index (χ0v) is 10.3. The lowest BCUT2D eigenvalue weighted by Crippen LogP contribution is -2.67. The van der Waals surface area contributed by atoms with Gasteiger partial charge in [0.25, 0.3) is 0 Å². The average Bonchev–Trinajstić information content (AvgIpc) is 1.98. The predicted molar refractivity (Wildman–Crippen MR) is 61.7 cm³/mol. The van der Waals surface area contributed by atoms with Crippen molar-refractivity contribution in [2.45, 2.75) is 32.2 Å². The lowest BCUT2D eigenvalue weighted by Gasteiger charge is -2.57. The van der Waals surface area contributed by atoms with Crippen molar-refractivity contribution in [2.24, 2.45) is 17.1 Å². The highest BCUT2D eigenvalue weighted by molar-refractivity contribution is 5.06. The molecule has 1 atom stereocenters. The molecular weight excluding hydrogens is 188 g/mol. The van der Waals surface area contributed by atoms with Gasteiger partial charge >= 0.3 is 0 Å². The molecule has 0 spiro atoms. The first-order valence-corrected chi connectivity index (χ1v) is 6.01. The first-order valence-electron chi connectivity index (χ1n) is 6.01. The Labute approximate surface area is 93.0 Å². The summed E-state index contributed by atoms with van der Waals surface area (Å²) in [7, 11) is 2.21.